The van der Waals surface area contributed by atoms with Crippen molar-refractivity contribution in [3.05, 3.63) is 48.2 Å². The zero-order valence-electron chi connectivity index (χ0n) is 9.97. The van der Waals surface area contributed by atoms with Gasteiger partial charge >= 0.3 is 0 Å². The van der Waals surface area contributed by atoms with Gasteiger partial charge in [-0.1, -0.05) is 18.2 Å². The molecule has 3 rings (SSSR count). The van der Waals surface area contributed by atoms with Gasteiger partial charge in [-0.25, -0.2) is 0 Å². The normalized spacial score (nSPS) is 10.8. The van der Waals surface area contributed by atoms with Crippen LogP contribution in [-0.4, -0.2) is 4.98 Å². The summed E-state index contributed by atoms with van der Waals surface area (Å²) in [5, 5.41) is 1.08. The lowest BCUT2D eigenvalue weighted by molar-refractivity contribution is 0.626. The molecule has 0 unspecified atom stereocenters. The highest BCUT2D eigenvalue weighted by Gasteiger charge is 2.09. The third-order valence-electron chi connectivity index (χ3n) is 2.92. The molecule has 0 fully saturated rings. The summed E-state index contributed by atoms with van der Waals surface area (Å²) in [6.45, 7) is 2.03. The number of benzene rings is 1. The third kappa shape index (κ3) is 1.72. The van der Waals surface area contributed by atoms with E-state index in [0.29, 0.717) is 0 Å². The number of hydrazine groups is 1. The van der Waals surface area contributed by atoms with Gasteiger partial charge in [-0.15, -0.1) is 0 Å². The molecule has 90 valence electrons. The van der Waals surface area contributed by atoms with Crippen molar-refractivity contribution in [2.24, 2.45) is 5.84 Å². The van der Waals surface area contributed by atoms with Crippen molar-refractivity contribution in [2.45, 2.75) is 6.92 Å². The molecule has 18 heavy (non-hydrogen) atoms. The molecule has 0 atom stereocenters. The van der Waals surface area contributed by atoms with Crippen LogP contribution in [0.5, 0.6) is 0 Å². The monoisotopic (exact) mass is 239 g/mol. The Labute approximate surface area is 104 Å². The minimum Gasteiger partial charge on any atom is -0.454 e. The van der Waals surface area contributed by atoms with Crippen LogP contribution in [-0.2, 0) is 0 Å². The quantitative estimate of drug-likeness (QED) is 0.533. The SMILES string of the molecule is Cc1cccc2cc(-c3cc(NN)ccn3)oc12. The van der Waals surface area contributed by atoms with Gasteiger partial charge in [-0.2, -0.15) is 0 Å². The Bertz CT molecular complexity index is 703. The van der Waals surface area contributed by atoms with Crippen molar-refractivity contribution in [3.63, 3.8) is 0 Å². The maximum absolute atomic E-state index is 5.85. The number of pyridine rings is 1. The Morgan fingerprint density at radius 2 is 2.11 bits per heavy atom. The number of hydrogen-bond acceptors (Lipinski definition) is 4. The summed E-state index contributed by atoms with van der Waals surface area (Å²) in [4.78, 5) is 4.29. The van der Waals surface area contributed by atoms with E-state index in [1.165, 1.54) is 0 Å². The van der Waals surface area contributed by atoms with Gasteiger partial charge in [0.2, 0.25) is 0 Å². The van der Waals surface area contributed by atoms with Crippen LogP contribution in [0.25, 0.3) is 22.4 Å². The van der Waals surface area contributed by atoms with Crippen molar-refractivity contribution in [2.75, 3.05) is 5.43 Å². The average molecular weight is 239 g/mol. The highest BCUT2D eigenvalue weighted by molar-refractivity contribution is 5.84. The van der Waals surface area contributed by atoms with E-state index < -0.39 is 0 Å². The average Bonchev–Trinajstić information content (AvgIpc) is 2.84. The second-order valence-corrected chi connectivity index (χ2v) is 4.18. The fraction of sp³-hybridized carbons (Fsp3) is 0.0714. The number of aromatic nitrogens is 1. The smallest absolute Gasteiger partial charge is 0.153 e. The summed E-state index contributed by atoms with van der Waals surface area (Å²) in [7, 11) is 0. The van der Waals surface area contributed by atoms with Crippen LogP contribution in [0.2, 0.25) is 0 Å². The summed E-state index contributed by atoms with van der Waals surface area (Å²) in [5.41, 5.74) is 6.19. The molecule has 0 aliphatic rings. The molecule has 2 heterocycles. The van der Waals surface area contributed by atoms with E-state index >= 15 is 0 Å². The minimum atomic E-state index is 0.747. The van der Waals surface area contributed by atoms with Crippen LogP contribution < -0.4 is 11.3 Å². The fourth-order valence-electron chi connectivity index (χ4n) is 1.99. The molecule has 3 aromatic rings. The molecule has 0 aliphatic heterocycles. The molecule has 1 aromatic carbocycles. The van der Waals surface area contributed by atoms with E-state index in [1.807, 2.05) is 37.3 Å². The van der Waals surface area contributed by atoms with Crippen molar-refractivity contribution in [3.8, 4) is 11.5 Å². The zero-order chi connectivity index (χ0) is 12.5. The number of rotatable bonds is 2. The number of hydrogen-bond donors (Lipinski definition) is 2. The number of furan rings is 1. The molecule has 4 heteroatoms. The molecule has 0 radical (unpaired) electrons. The summed E-state index contributed by atoms with van der Waals surface area (Å²) in [6, 6.07) is 11.7. The van der Waals surface area contributed by atoms with Crippen LogP contribution in [0.4, 0.5) is 5.69 Å². The number of fused-ring (bicyclic) bond motifs is 1. The van der Waals surface area contributed by atoms with E-state index in [1.54, 1.807) is 12.3 Å². The first-order chi connectivity index (χ1) is 8.78. The number of aryl methyl sites for hydroxylation is 1. The minimum absolute atomic E-state index is 0.747. The Kier molecular flexibility index (Phi) is 2.50. The van der Waals surface area contributed by atoms with Gasteiger partial charge in [0.1, 0.15) is 11.3 Å². The van der Waals surface area contributed by atoms with Gasteiger partial charge < -0.3 is 9.84 Å². The van der Waals surface area contributed by atoms with E-state index in [4.69, 9.17) is 10.3 Å². The standard InChI is InChI=1S/C14H13N3O/c1-9-3-2-4-10-7-13(18-14(9)10)12-8-11(17-15)5-6-16-12/h2-8H,15H2,1H3,(H,16,17). The maximum Gasteiger partial charge on any atom is 0.153 e. The maximum atomic E-state index is 5.85. The first kappa shape index (κ1) is 10.8. The Hall–Kier alpha value is -2.33. The predicted molar refractivity (Wildman–Crippen MR) is 72.0 cm³/mol. The van der Waals surface area contributed by atoms with Gasteiger partial charge in [0.15, 0.2) is 5.76 Å². The first-order valence-corrected chi connectivity index (χ1v) is 5.70. The molecule has 0 amide bonds. The summed E-state index contributed by atoms with van der Waals surface area (Å²) >= 11 is 0. The first-order valence-electron chi connectivity index (χ1n) is 5.70. The van der Waals surface area contributed by atoms with Crippen LogP contribution >= 0.6 is 0 Å². The molecule has 2 aromatic heterocycles. The van der Waals surface area contributed by atoms with Crippen molar-refractivity contribution >= 4 is 16.7 Å². The summed E-state index contributed by atoms with van der Waals surface area (Å²) < 4.78 is 5.85. The van der Waals surface area contributed by atoms with Crippen LogP contribution in [0.3, 0.4) is 0 Å². The largest absolute Gasteiger partial charge is 0.454 e. The lowest BCUT2D eigenvalue weighted by Crippen LogP contribution is -2.06. The predicted octanol–water partition coefficient (Wildman–Crippen LogP) is 3.09. The van der Waals surface area contributed by atoms with E-state index in [0.717, 1.165) is 33.7 Å². The van der Waals surface area contributed by atoms with Gasteiger partial charge in [0.05, 0.1) is 5.69 Å². The molecule has 0 spiro atoms. The van der Waals surface area contributed by atoms with E-state index in [9.17, 15) is 0 Å². The number of nitrogen functional groups attached to an aromatic ring is 1. The van der Waals surface area contributed by atoms with Gasteiger partial charge in [0.25, 0.3) is 0 Å². The fourth-order valence-corrected chi connectivity index (χ4v) is 1.99. The van der Waals surface area contributed by atoms with Crippen LogP contribution in [0.1, 0.15) is 5.56 Å². The lowest BCUT2D eigenvalue weighted by Gasteiger charge is -2.00. The molecule has 0 saturated carbocycles. The Morgan fingerprint density at radius 1 is 1.22 bits per heavy atom. The molecular formula is C14H13N3O. The number of nitrogens with zero attached hydrogens (tertiary/aromatic N) is 1. The highest BCUT2D eigenvalue weighted by atomic mass is 16.3. The summed E-state index contributed by atoms with van der Waals surface area (Å²) in [6.07, 6.45) is 1.70. The van der Waals surface area contributed by atoms with Crippen LogP contribution in [0.15, 0.2) is 47.0 Å². The third-order valence-corrected chi connectivity index (χ3v) is 2.92. The molecule has 0 saturated heterocycles. The second-order valence-electron chi connectivity index (χ2n) is 4.18. The van der Waals surface area contributed by atoms with Gasteiger partial charge in [-0.05, 0) is 30.7 Å². The van der Waals surface area contributed by atoms with Crippen LogP contribution in [0, 0.1) is 6.92 Å². The summed E-state index contributed by atoms with van der Waals surface area (Å²) in [5.74, 6) is 6.13. The van der Waals surface area contributed by atoms with E-state index in [-0.39, 0.29) is 0 Å². The molecular weight excluding hydrogens is 226 g/mol. The number of anilines is 1. The lowest BCUT2D eigenvalue weighted by atomic mass is 10.2. The topological polar surface area (TPSA) is 64.1 Å². The van der Waals surface area contributed by atoms with Crippen molar-refractivity contribution < 1.29 is 4.42 Å². The number of para-hydroxylation sites is 1. The van der Waals surface area contributed by atoms with Gasteiger partial charge in [-0.3, -0.25) is 10.8 Å². The second kappa shape index (κ2) is 4.16. The van der Waals surface area contributed by atoms with Crippen molar-refractivity contribution in [1.29, 1.82) is 0 Å². The van der Waals surface area contributed by atoms with Gasteiger partial charge in [0, 0.05) is 11.6 Å². The molecule has 3 N–H and O–H groups in total. The Balaban J connectivity index is 2.16. The highest BCUT2D eigenvalue weighted by Crippen LogP contribution is 2.29. The van der Waals surface area contributed by atoms with Crippen molar-refractivity contribution in [1.82, 2.24) is 4.98 Å². The number of nitrogens with two attached hydrogens (primary N) is 1. The number of nitrogens with one attached hydrogen (secondary N) is 1. The van der Waals surface area contributed by atoms with E-state index in [2.05, 4.69) is 10.4 Å². The zero-order valence-corrected chi connectivity index (χ0v) is 9.97. The molecule has 4 nitrogen and oxygen atoms in total. The Morgan fingerprint density at radius 3 is 2.89 bits per heavy atom. The molecule has 0 bridgehead atoms. The molecule has 0 aliphatic carbocycles.